The highest BCUT2D eigenvalue weighted by molar-refractivity contribution is 6.04. The number of anilines is 1. The van der Waals surface area contributed by atoms with Gasteiger partial charge >= 0.3 is 0 Å². The fourth-order valence-electron chi connectivity index (χ4n) is 2.10. The van der Waals surface area contributed by atoms with Crippen molar-refractivity contribution in [2.24, 2.45) is 0 Å². The maximum Gasteiger partial charge on any atom is 0.277 e. The molecule has 3 rings (SSSR count). The van der Waals surface area contributed by atoms with Gasteiger partial charge in [0, 0.05) is 11.6 Å². The van der Waals surface area contributed by atoms with Gasteiger partial charge in [0.2, 0.25) is 0 Å². The van der Waals surface area contributed by atoms with Crippen molar-refractivity contribution < 1.29 is 13.6 Å². The second-order valence-corrected chi connectivity index (χ2v) is 4.86. The van der Waals surface area contributed by atoms with Crippen molar-refractivity contribution in [1.29, 1.82) is 5.26 Å². The number of carbonyl (C=O) groups excluding carboxylic acids is 1. The van der Waals surface area contributed by atoms with Gasteiger partial charge in [0.15, 0.2) is 11.5 Å². The van der Waals surface area contributed by atoms with E-state index in [1.54, 1.807) is 36.4 Å². The lowest BCUT2D eigenvalue weighted by Crippen LogP contribution is -2.16. The number of carbonyl (C=O) groups is 1. The number of nitriles is 1. The maximum absolute atomic E-state index is 12.4. The van der Waals surface area contributed by atoms with Crippen LogP contribution in [0.15, 0.2) is 36.5 Å². The summed E-state index contributed by atoms with van der Waals surface area (Å²) in [5.41, 5.74) is 0.645. The van der Waals surface area contributed by atoms with Crippen molar-refractivity contribution in [2.45, 2.75) is 13.0 Å². The Morgan fingerprint density at radius 1 is 1.33 bits per heavy atom. The lowest BCUT2D eigenvalue weighted by molar-refractivity contribution is 0.102. The number of hydrogen-bond donors (Lipinski definition) is 1. The molecule has 0 unspecified atom stereocenters. The lowest BCUT2D eigenvalue weighted by Gasteiger charge is -2.03. The summed E-state index contributed by atoms with van der Waals surface area (Å²) in [4.78, 5) is 12.2. The molecular formula is C15H10F2N6O. The molecule has 9 heteroatoms. The molecule has 0 spiro atoms. The normalized spacial score (nSPS) is 10.8. The number of fused-ring (bicyclic) bond motifs is 1. The molecule has 1 aromatic carbocycles. The number of amides is 1. The molecule has 2 aromatic heterocycles. The van der Waals surface area contributed by atoms with E-state index in [4.69, 9.17) is 5.26 Å². The van der Waals surface area contributed by atoms with Gasteiger partial charge in [-0.05, 0) is 12.1 Å². The van der Waals surface area contributed by atoms with Crippen LogP contribution in [-0.4, -0.2) is 32.3 Å². The Morgan fingerprint density at radius 2 is 2.12 bits per heavy atom. The fraction of sp³-hybridized carbons (Fsp3) is 0.133. The van der Waals surface area contributed by atoms with Crippen molar-refractivity contribution in [1.82, 2.24) is 20.0 Å². The number of halogens is 2. The highest BCUT2D eigenvalue weighted by Crippen LogP contribution is 2.15. The van der Waals surface area contributed by atoms with Gasteiger partial charge in [0.1, 0.15) is 18.2 Å². The van der Waals surface area contributed by atoms with Gasteiger partial charge in [-0.3, -0.25) is 9.48 Å². The zero-order chi connectivity index (χ0) is 17.1. The standard InChI is InChI=1S/C15H10F2N6O/c16-13(17)8-23-7-10(6-18)14(22-23)19-15(24)12-5-9-3-1-2-4-11(9)20-21-12/h1-5,7,13H,8H2,(H,19,22,24). The molecule has 7 nitrogen and oxygen atoms in total. The van der Waals surface area contributed by atoms with Gasteiger partial charge in [-0.15, -0.1) is 10.2 Å². The summed E-state index contributed by atoms with van der Waals surface area (Å²) < 4.78 is 25.7. The molecule has 0 saturated heterocycles. The van der Waals surface area contributed by atoms with Crippen LogP contribution < -0.4 is 5.32 Å². The molecule has 0 aliphatic heterocycles. The Kier molecular flexibility index (Phi) is 4.11. The van der Waals surface area contributed by atoms with E-state index in [1.807, 2.05) is 0 Å². The second-order valence-electron chi connectivity index (χ2n) is 4.86. The number of hydrogen-bond acceptors (Lipinski definition) is 5. The predicted molar refractivity (Wildman–Crippen MR) is 80.4 cm³/mol. The summed E-state index contributed by atoms with van der Waals surface area (Å²) in [7, 11) is 0. The number of benzene rings is 1. The number of rotatable bonds is 4. The molecule has 0 saturated carbocycles. The number of aromatic nitrogens is 4. The van der Waals surface area contributed by atoms with E-state index in [-0.39, 0.29) is 17.1 Å². The van der Waals surface area contributed by atoms with Crippen LogP contribution in [-0.2, 0) is 6.54 Å². The molecule has 3 aromatic rings. The van der Waals surface area contributed by atoms with Crippen molar-refractivity contribution in [3.8, 4) is 6.07 Å². The molecule has 2 heterocycles. The monoisotopic (exact) mass is 328 g/mol. The third-order valence-electron chi connectivity index (χ3n) is 3.17. The lowest BCUT2D eigenvalue weighted by atomic mass is 10.2. The Hall–Kier alpha value is -3.41. The number of nitrogens with zero attached hydrogens (tertiary/aromatic N) is 5. The molecule has 0 radical (unpaired) electrons. The average molecular weight is 328 g/mol. The van der Waals surface area contributed by atoms with E-state index in [0.29, 0.717) is 5.52 Å². The minimum Gasteiger partial charge on any atom is -0.303 e. The zero-order valence-electron chi connectivity index (χ0n) is 12.1. The largest absolute Gasteiger partial charge is 0.303 e. The van der Waals surface area contributed by atoms with Crippen molar-refractivity contribution in [3.05, 3.63) is 47.8 Å². The average Bonchev–Trinajstić information content (AvgIpc) is 2.94. The van der Waals surface area contributed by atoms with Crippen LogP contribution in [0.2, 0.25) is 0 Å². The van der Waals surface area contributed by atoms with E-state index >= 15 is 0 Å². The molecular weight excluding hydrogens is 318 g/mol. The highest BCUT2D eigenvalue weighted by atomic mass is 19.3. The van der Waals surface area contributed by atoms with Crippen LogP contribution in [0, 0.1) is 11.3 Å². The summed E-state index contributed by atoms with van der Waals surface area (Å²) in [6, 6.07) is 10.5. The molecule has 0 aliphatic carbocycles. The number of alkyl halides is 2. The molecule has 0 bridgehead atoms. The minimum absolute atomic E-state index is 0.0160. The Bertz CT molecular complexity index is 947. The van der Waals surface area contributed by atoms with E-state index in [1.165, 1.54) is 0 Å². The first-order valence-electron chi connectivity index (χ1n) is 6.86. The van der Waals surface area contributed by atoms with Crippen LogP contribution >= 0.6 is 0 Å². The van der Waals surface area contributed by atoms with Crippen LogP contribution in [0.25, 0.3) is 10.9 Å². The maximum atomic E-state index is 12.4. The van der Waals surface area contributed by atoms with E-state index < -0.39 is 18.9 Å². The first kappa shape index (κ1) is 15.5. The van der Waals surface area contributed by atoms with Crippen LogP contribution in [0.5, 0.6) is 0 Å². The van der Waals surface area contributed by atoms with Crippen molar-refractivity contribution in [2.75, 3.05) is 5.32 Å². The van der Waals surface area contributed by atoms with Gasteiger partial charge in [-0.1, -0.05) is 18.2 Å². The van der Waals surface area contributed by atoms with E-state index in [9.17, 15) is 13.6 Å². The van der Waals surface area contributed by atoms with Gasteiger partial charge in [0.25, 0.3) is 12.3 Å². The fourth-order valence-corrected chi connectivity index (χ4v) is 2.10. The third kappa shape index (κ3) is 3.17. The smallest absolute Gasteiger partial charge is 0.277 e. The third-order valence-corrected chi connectivity index (χ3v) is 3.17. The second kappa shape index (κ2) is 6.37. The van der Waals surface area contributed by atoms with Crippen molar-refractivity contribution in [3.63, 3.8) is 0 Å². The van der Waals surface area contributed by atoms with Crippen molar-refractivity contribution >= 4 is 22.6 Å². The van der Waals surface area contributed by atoms with Crippen LogP contribution in [0.4, 0.5) is 14.6 Å². The van der Waals surface area contributed by atoms with Gasteiger partial charge in [-0.25, -0.2) is 8.78 Å². The summed E-state index contributed by atoms with van der Waals surface area (Å²) >= 11 is 0. The summed E-state index contributed by atoms with van der Waals surface area (Å²) in [5.74, 6) is -0.731. The molecule has 0 fully saturated rings. The van der Waals surface area contributed by atoms with Crippen LogP contribution in [0.3, 0.4) is 0 Å². The SMILES string of the molecule is N#Cc1cn(CC(F)F)nc1NC(=O)c1cc2ccccc2nn1. The molecule has 24 heavy (non-hydrogen) atoms. The summed E-state index contributed by atoms with van der Waals surface area (Å²) in [5, 5.41) is 23.7. The first-order valence-corrected chi connectivity index (χ1v) is 6.86. The summed E-state index contributed by atoms with van der Waals surface area (Å²) in [6.45, 7) is -0.666. The van der Waals surface area contributed by atoms with Crippen LogP contribution in [0.1, 0.15) is 16.1 Å². The minimum atomic E-state index is -2.62. The Balaban J connectivity index is 1.85. The molecule has 1 N–H and O–H groups in total. The van der Waals surface area contributed by atoms with Gasteiger partial charge < -0.3 is 5.32 Å². The highest BCUT2D eigenvalue weighted by Gasteiger charge is 2.16. The molecule has 0 atom stereocenters. The zero-order valence-corrected chi connectivity index (χ0v) is 12.1. The molecule has 120 valence electrons. The predicted octanol–water partition coefficient (Wildman–Crippen LogP) is 2.22. The number of nitrogens with one attached hydrogen (secondary N) is 1. The van der Waals surface area contributed by atoms with E-state index in [2.05, 4.69) is 20.6 Å². The first-order chi connectivity index (χ1) is 11.6. The van der Waals surface area contributed by atoms with Gasteiger partial charge in [-0.2, -0.15) is 10.4 Å². The summed E-state index contributed by atoms with van der Waals surface area (Å²) in [6.07, 6.45) is -1.47. The Morgan fingerprint density at radius 3 is 2.88 bits per heavy atom. The quantitative estimate of drug-likeness (QED) is 0.792. The molecule has 0 aliphatic rings. The Labute approximate surface area is 134 Å². The molecule has 1 amide bonds. The topological polar surface area (TPSA) is 96.5 Å². The van der Waals surface area contributed by atoms with E-state index in [0.717, 1.165) is 16.3 Å². The van der Waals surface area contributed by atoms with Gasteiger partial charge in [0.05, 0.1) is 5.52 Å².